The molecule has 0 bridgehead atoms. The maximum Gasteiger partial charge on any atom is 0.232 e. The van der Waals surface area contributed by atoms with E-state index >= 15 is 0 Å². The predicted octanol–water partition coefficient (Wildman–Crippen LogP) is 1.96. The van der Waals surface area contributed by atoms with Crippen LogP contribution >= 0.6 is 0 Å². The lowest BCUT2D eigenvalue weighted by Gasteiger charge is -2.45. The fourth-order valence-corrected chi connectivity index (χ4v) is 3.42. The van der Waals surface area contributed by atoms with Gasteiger partial charge in [-0.2, -0.15) is 0 Å². The molecule has 0 aromatic heterocycles. The number of allylic oxidation sites excluding steroid dienone is 1. The van der Waals surface area contributed by atoms with E-state index in [9.17, 15) is 9.59 Å². The molecule has 0 spiro atoms. The van der Waals surface area contributed by atoms with E-state index in [0.717, 1.165) is 37.8 Å². The molecule has 104 valence electrons. The Balaban J connectivity index is 1.91. The molecule has 3 rings (SSSR count). The van der Waals surface area contributed by atoms with E-state index in [-0.39, 0.29) is 11.8 Å². The largest absolute Gasteiger partial charge is 0.353 e. The zero-order valence-electron chi connectivity index (χ0n) is 11.6. The van der Waals surface area contributed by atoms with Crippen LogP contribution in [0.2, 0.25) is 0 Å². The highest BCUT2D eigenvalue weighted by Crippen LogP contribution is 2.47. The van der Waals surface area contributed by atoms with E-state index in [2.05, 4.69) is 11.4 Å². The van der Waals surface area contributed by atoms with E-state index in [1.54, 1.807) is 0 Å². The molecule has 1 atom stereocenters. The van der Waals surface area contributed by atoms with Crippen molar-refractivity contribution in [2.24, 2.45) is 5.41 Å². The second-order valence-corrected chi connectivity index (χ2v) is 5.95. The van der Waals surface area contributed by atoms with Gasteiger partial charge in [-0.15, -0.1) is 0 Å². The summed E-state index contributed by atoms with van der Waals surface area (Å²) in [4.78, 5) is 26.5. The lowest BCUT2D eigenvalue weighted by Crippen LogP contribution is -2.53. The lowest BCUT2D eigenvalue weighted by atomic mass is 9.69. The standard InChI is InChI=1S/C15H22N2O2/c1-2-17-12-5-3-4-9-15(12,10-8-13(17)18)14(19)16-11-6-7-11/h5,11H,2-4,6-10H2,1H3,(H,16,19). The van der Waals surface area contributed by atoms with Crippen LogP contribution in [0.15, 0.2) is 11.8 Å². The van der Waals surface area contributed by atoms with Gasteiger partial charge >= 0.3 is 0 Å². The number of hydrogen-bond acceptors (Lipinski definition) is 2. The zero-order chi connectivity index (χ0) is 13.5. The molecule has 1 saturated carbocycles. The van der Waals surface area contributed by atoms with E-state index in [4.69, 9.17) is 0 Å². The van der Waals surface area contributed by atoms with Gasteiger partial charge in [0.25, 0.3) is 0 Å². The van der Waals surface area contributed by atoms with Crippen LogP contribution in [0.5, 0.6) is 0 Å². The minimum Gasteiger partial charge on any atom is -0.353 e. The van der Waals surface area contributed by atoms with Crippen molar-refractivity contribution in [3.05, 3.63) is 11.8 Å². The summed E-state index contributed by atoms with van der Waals surface area (Å²) >= 11 is 0. The van der Waals surface area contributed by atoms with Crippen molar-refractivity contribution in [2.45, 2.75) is 57.9 Å². The number of carbonyl (C=O) groups excluding carboxylic acids is 2. The highest BCUT2D eigenvalue weighted by atomic mass is 16.2. The van der Waals surface area contributed by atoms with Crippen molar-refractivity contribution in [2.75, 3.05) is 6.54 Å². The van der Waals surface area contributed by atoms with Gasteiger partial charge in [0, 0.05) is 24.7 Å². The minimum atomic E-state index is -0.426. The summed E-state index contributed by atoms with van der Waals surface area (Å²) in [6.07, 6.45) is 8.45. The van der Waals surface area contributed by atoms with Crippen molar-refractivity contribution in [1.29, 1.82) is 0 Å². The Hall–Kier alpha value is -1.32. The van der Waals surface area contributed by atoms with Gasteiger partial charge in [-0.05, 0) is 45.4 Å². The number of piperidine rings is 1. The highest BCUT2D eigenvalue weighted by molar-refractivity contribution is 5.91. The molecule has 3 aliphatic rings. The molecule has 0 aromatic rings. The highest BCUT2D eigenvalue weighted by Gasteiger charge is 2.49. The SMILES string of the molecule is CCN1C(=O)CCC2(C(=O)NC3CC3)CCCC=C12. The van der Waals surface area contributed by atoms with Gasteiger partial charge in [-0.25, -0.2) is 0 Å². The topological polar surface area (TPSA) is 49.4 Å². The van der Waals surface area contributed by atoms with Crippen LogP contribution in [0, 0.1) is 5.41 Å². The second-order valence-electron chi connectivity index (χ2n) is 5.95. The van der Waals surface area contributed by atoms with Gasteiger partial charge in [-0.1, -0.05) is 6.08 Å². The molecule has 1 heterocycles. The van der Waals surface area contributed by atoms with Crippen LogP contribution in [0.4, 0.5) is 0 Å². The van der Waals surface area contributed by atoms with E-state index < -0.39 is 5.41 Å². The van der Waals surface area contributed by atoms with Crippen molar-refractivity contribution >= 4 is 11.8 Å². The zero-order valence-corrected chi connectivity index (χ0v) is 11.6. The third-order valence-electron chi connectivity index (χ3n) is 4.66. The molecule has 2 amide bonds. The molecule has 1 N–H and O–H groups in total. The smallest absolute Gasteiger partial charge is 0.232 e. The van der Waals surface area contributed by atoms with Gasteiger partial charge in [0.2, 0.25) is 11.8 Å². The average molecular weight is 262 g/mol. The van der Waals surface area contributed by atoms with Crippen molar-refractivity contribution in [3.63, 3.8) is 0 Å². The number of likely N-dealkylation sites (tertiary alicyclic amines) is 1. The quantitative estimate of drug-likeness (QED) is 0.845. The van der Waals surface area contributed by atoms with E-state index in [1.807, 2.05) is 11.8 Å². The lowest BCUT2D eigenvalue weighted by molar-refractivity contribution is -0.140. The molecular weight excluding hydrogens is 240 g/mol. The van der Waals surface area contributed by atoms with E-state index in [0.29, 0.717) is 25.4 Å². The number of fused-ring (bicyclic) bond motifs is 1. The van der Waals surface area contributed by atoms with Crippen LogP contribution in [0.25, 0.3) is 0 Å². The van der Waals surface area contributed by atoms with Crippen molar-refractivity contribution < 1.29 is 9.59 Å². The average Bonchev–Trinajstić information content (AvgIpc) is 3.22. The molecule has 1 saturated heterocycles. The number of hydrogen-bond donors (Lipinski definition) is 1. The van der Waals surface area contributed by atoms with Gasteiger partial charge in [0.15, 0.2) is 0 Å². The Bertz CT molecular complexity index is 439. The van der Waals surface area contributed by atoms with Crippen LogP contribution in [0.1, 0.15) is 51.9 Å². The fourth-order valence-electron chi connectivity index (χ4n) is 3.42. The molecule has 0 radical (unpaired) electrons. The summed E-state index contributed by atoms with van der Waals surface area (Å²) in [5.74, 6) is 0.331. The summed E-state index contributed by atoms with van der Waals surface area (Å²) in [6, 6.07) is 0.387. The van der Waals surface area contributed by atoms with E-state index in [1.165, 1.54) is 0 Å². The predicted molar refractivity (Wildman–Crippen MR) is 72.2 cm³/mol. The second kappa shape index (κ2) is 4.66. The maximum absolute atomic E-state index is 12.7. The molecule has 4 nitrogen and oxygen atoms in total. The number of nitrogens with one attached hydrogen (secondary N) is 1. The summed E-state index contributed by atoms with van der Waals surface area (Å²) in [7, 11) is 0. The van der Waals surface area contributed by atoms with Gasteiger partial charge < -0.3 is 10.2 Å². The van der Waals surface area contributed by atoms with Crippen LogP contribution in [0.3, 0.4) is 0 Å². The van der Waals surface area contributed by atoms with Gasteiger partial charge in [0.05, 0.1) is 5.41 Å². The fraction of sp³-hybridized carbons (Fsp3) is 0.733. The monoisotopic (exact) mass is 262 g/mol. The molecule has 1 unspecified atom stereocenters. The number of carbonyl (C=O) groups is 2. The Morgan fingerprint density at radius 2 is 2.26 bits per heavy atom. The first-order chi connectivity index (χ1) is 9.17. The summed E-state index contributed by atoms with van der Waals surface area (Å²) in [6.45, 7) is 2.66. The Kier molecular flexibility index (Phi) is 3.11. The Morgan fingerprint density at radius 3 is 2.95 bits per heavy atom. The number of rotatable bonds is 3. The third kappa shape index (κ3) is 2.07. The maximum atomic E-state index is 12.7. The summed E-state index contributed by atoms with van der Waals surface area (Å²) in [5, 5.41) is 3.16. The first kappa shape index (κ1) is 12.7. The normalized spacial score (nSPS) is 30.7. The third-order valence-corrected chi connectivity index (χ3v) is 4.66. The Morgan fingerprint density at radius 1 is 1.47 bits per heavy atom. The number of nitrogens with zero attached hydrogens (tertiary/aromatic N) is 1. The van der Waals surface area contributed by atoms with Gasteiger partial charge in [-0.3, -0.25) is 9.59 Å². The van der Waals surface area contributed by atoms with Crippen LogP contribution in [-0.2, 0) is 9.59 Å². The van der Waals surface area contributed by atoms with Crippen molar-refractivity contribution in [3.8, 4) is 0 Å². The molecule has 0 aromatic carbocycles. The molecular formula is C15H22N2O2. The summed E-state index contributed by atoms with van der Waals surface area (Å²) in [5.41, 5.74) is 0.556. The Labute approximate surface area is 114 Å². The minimum absolute atomic E-state index is 0.159. The van der Waals surface area contributed by atoms with Crippen LogP contribution < -0.4 is 5.32 Å². The first-order valence-electron chi connectivity index (χ1n) is 7.49. The number of amides is 2. The molecule has 1 aliphatic heterocycles. The molecule has 4 heteroatoms. The molecule has 2 fully saturated rings. The summed E-state index contributed by atoms with van der Waals surface area (Å²) < 4.78 is 0. The van der Waals surface area contributed by atoms with Crippen LogP contribution in [-0.4, -0.2) is 29.3 Å². The first-order valence-corrected chi connectivity index (χ1v) is 7.49. The molecule has 2 aliphatic carbocycles. The van der Waals surface area contributed by atoms with Crippen molar-refractivity contribution in [1.82, 2.24) is 10.2 Å². The van der Waals surface area contributed by atoms with Gasteiger partial charge in [0.1, 0.15) is 0 Å². The molecule has 19 heavy (non-hydrogen) atoms.